The number of ether oxygens (including phenoxy) is 5. The molecule has 348 valence electrons. The lowest BCUT2D eigenvalue weighted by Crippen LogP contribution is -2.50. The molecule has 0 atom stereocenters. The highest BCUT2D eigenvalue weighted by atomic mass is 79.9. The number of hydrogen-bond acceptors (Lipinski definition) is 12. The summed E-state index contributed by atoms with van der Waals surface area (Å²) in [6, 6.07) is 7.22. The van der Waals surface area contributed by atoms with Crippen molar-refractivity contribution in [1.29, 1.82) is 0 Å². The standard InChI is InChI=1S/C22H27BrO5.C12H11BrO3.C9H17NO2.C2Cl2O2.ClH/c1-5-6-15-11-19(23)18(20(12-15)27-3)13-16(24)14-22(21(25)28-4)9-7-17(26-2)8-10-22;1-3-4-8-5-10(13)9(7-12(14)15)11(6-8)16-2;1-7-3-5-9(10,6-4-7)8(11)12-2;3-1(5)2(4)6;/h11-12,17H,7-10,13-14H2,1-4H3;5-6H,7H2,1-2H3,(H,14,15);7H,3-6,10H2,1-2H3;;1H. The van der Waals surface area contributed by atoms with E-state index in [0.717, 1.165) is 59.7 Å². The van der Waals surface area contributed by atoms with Gasteiger partial charge in [0.1, 0.15) is 22.8 Å². The first-order chi connectivity index (χ1) is 29.2. The molecule has 3 N–H and O–H groups in total. The maximum atomic E-state index is 12.9. The molecular weight excluding hydrogens is 1010 g/mol. The highest BCUT2D eigenvalue weighted by Gasteiger charge is 2.44. The van der Waals surface area contributed by atoms with Crippen molar-refractivity contribution in [3.05, 3.63) is 55.5 Å². The number of Topliss-reactive ketones (excluding diaryl/α,β-unsaturated/α-hetero) is 1. The minimum Gasteiger partial charge on any atom is -0.496 e. The lowest BCUT2D eigenvalue weighted by Gasteiger charge is -2.37. The summed E-state index contributed by atoms with van der Waals surface area (Å²) in [6.07, 6.45) is 6.66. The van der Waals surface area contributed by atoms with Crippen LogP contribution in [0.2, 0.25) is 0 Å². The monoisotopic (exact) mass is 1070 g/mol. The lowest BCUT2D eigenvalue weighted by molar-refractivity contribution is -0.159. The molecule has 13 nitrogen and oxygen atoms in total. The Kier molecular flexibility index (Phi) is 28.0. The molecule has 63 heavy (non-hydrogen) atoms. The van der Waals surface area contributed by atoms with Crippen molar-refractivity contribution < 1.29 is 57.6 Å². The number of carboxylic acid groups (broad SMARTS) is 1. The van der Waals surface area contributed by atoms with Crippen LogP contribution in [0.15, 0.2) is 33.2 Å². The summed E-state index contributed by atoms with van der Waals surface area (Å²) < 4.78 is 27.2. The van der Waals surface area contributed by atoms with Gasteiger partial charge in [-0.1, -0.05) is 50.6 Å². The van der Waals surface area contributed by atoms with Gasteiger partial charge in [0.15, 0.2) is 0 Å². The third kappa shape index (κ3) is 19.5. The molecule has 0 bridgehead atoms. The second-order valence-corrected chi connectivity index (χ2v) is 17.0. The molecule has 2 aromatic carbocycles. The van der Waals surface area contributed by atoms with Crippen molar-refractivity contribution in [3.63, 3.8) is 0 Å². The van der Waals surface area contributed by atoms with Gasteiger partial charge >= 0.3 is 28.4 Å². The highest BCUT2D eigenvalue weighted by molar-refractivity contribution is 9.10. The normalized spacial score (nSPS) is 19.4. The molecule has 18 heteroatoms. The van der Waals surface area contributed by atoms with E-state index in [9.17, 15) is 28.8 Å². The Labute approximate surface area is 403 Å². The summed E-state index contributed by atoms with van der Waals surface area (Å²) in [5, 5.41) is 6.50. The van der Waals surface area contributed by atoms with Crippen LogP contribution in [-0.2, 0) is 55.8 Å². The van der Waals surface area contributed by atoms with Crippen molar-refractivity contribution in [2.24, 2.45) is 17.1 Å². The van der Waals surface area contributed by atoms with Crippen molar-refractivity contribution in [1.82, 2.24) is 0 Å². The van der Waals surface area contributed by atoms with Crippen molar-refractivity contribution in [3.8, 4) is 35.2 Å². The number of esters is 2. The molecule has 0 unspecified atom stereocenters. The summed E-state index contributed by atoms with van der Waals surface area (Å²) in [7, 11) is 7.54. The fourth-order valence-electron chi connectivity index (χ4n) is 6.89. The van der Waals surface area contributed by atoms with E-state index < -0.39 is 27.4 Å². The molecule has 2 aromatic rings. The van der Waals surface area contributed by atoms with Gasteiger partial charge in [0.25, 0.3) is 0 Å². The van der Waals surface area contributed by atoms with E-state index in [-0.39, 0.29) is 55.5 Å². The van der Waals surface area contributed by atoms with Crippen LogP contribution in [0.5, 0.6) is 11.5 Å². The van der Waals surface area contributed by atoms with Crippen LogP contribution in [0, 0.1) is 35.0 Å². The lowest BCUT2D eigenvalue weighted by atomic mass is 9.69. The predicted molar refractivity (Wildman–Crippen MR) is 250 cm³/mol. The van der Waals surface area contributed by atoms with Gasteiger partial charge in [-0.3, -0.25) is 28.8 Å². The number of benzene rings is 2. The third-order valence-corrected chi connectivity index (χ3v) is 12.1. The number of hydrogen-bond donors (Lipinski definition) is 2. The fourth-order valence-corrected chi connectivity index (χ4v) is 8.05. The van der Waals surface area contributed by atoms with Crippen LogP contribution in [-0.4, -0.2) is 86.5 Å². The van der Waals surface area contributed by atoms with Gasteiger partial charge in [-0.25, -0.2) is 0 Å². The molecular formula is C45H56Br2Cl3NO12. The SMILES string of the molecule is CC#Cc1cc(Br)c(CC(=O)CC2(C(=O)OC)CCC(OC)CC2)c(OC)c1.CC#Cc1cc(Br)c(CC(=O)O)c(OC)c1.COC(=O)C1(N)CCC(C)CC1.Cl.O=C(Cl)C(=O)Cl. The quantitative estimate of drug-likeness (QED) is 0.0890. The minimum atomic E-state index is -1.14. The number of methoxy groups -OCH3 is 5. The van der Waals surface area contributed by atoms with E-state index >= 15 is 0 Å². The van der Waals surface area contributed by atoms with Crippen LogP contribution >= 0.6 is 67.5 Å². The molecule has 2 fully saturated rings. The van der Waals surface area contributed by atoms with E-state index in [0.29, 0.717) is 40.3 Å². The summed E-state index contributed by atoms with van der Waals surface area (Å²) in [4.78, 5) is 66.3. The molecule has 0 saturated heterocycles. The Balaban J connectivity index is 0.000000925. The van der Waals surface area contributed by atoms with Crippen LogP contribution in [0.3, 0.4) is 0 Å². The van der Waals surface area contributed by atoms with E-state index in [1.54, 1.807) is 40.2 Å². The van der Waals surface area contributed by atoms with Gasteiger partial charge < -0.3 is 34.5 Å². The third-order valence-electron chi connectivity index (χ3n) is 10.3. The van der Waals surface area contributed by atoms with Gasteiger partial charge in [0, 0.05) is 51.2 Å². The fraction of sp³-hybridized carbons (Fsp3) is 0.511. The molecule has 4 rings (SSSR count). The average Bonchev–Trinajstić information content (AvgIpc) is 3.24. The Morgan fingerprint density at radius 3 is 1.51 bits per heavy atom. The van der Waals surface area contributed by atoms with Crippen LogP contribution < -0.4 is 15.2 Å². The van der Waals surface area contributed by atoms with Gasteiger partial charge in [-0.05, 0) is 119 Å². The number of aliphatic carboxylic acids is 1. The summed E-state index contributed by atoms with van der Waals surface area (Å²) in [5.41, 5.74) is 7.43. The first-order valence-electron chi connectivity index (χ1n) is 19.4. The number of carboxylic acids is 1. The van der Waals surface area contributed by atoms with Gasteiger partial charge in [-0.15, -0.1) is 24.2 Å². The van der Waals surface area contributed by atoms with Crippen molar-refractivity contribution in [2.75, 3.05) is 35.5 Å². The Bertz CT molecular complexity index is 2010. The number of carbonyl (C=O) groups is 6. The molecule has 0 aromatic heterocycles. The first kappa shape index (κ1) is 59.3. The Morgan fingerprint density at radius 2 is 1.16 bits per heavy atom. The maximum absolute atomic E-state index is 12.9. The largest absolute Gasteiger partial charge is 0.496 e. The number of halogens is 5. The van der Waals surface area contributed by atoms with E-state index in [1.807, 2.05) is 12.1 Å². The Hall–Kier alpha value is -3.67. The number of nitrogens with two attached hydrogens (primary N) is 1. The number of carbonyl (C=O) groups excluding carboxylic acids is 5. The zero-order valence-corrected chi connectivity index (χ0v) is 42.2. The zero-order chi connectivity index (χ0) is 47.2. The molecule has 2 aliphatic rings. The van der Waals surface area contributed by atoms with Crippen molar-refractivity contribution >= 4 is 102 Å². The van der Waals surface area contributed by atoms with E-state index in [4.69, 9.17) is 29.8 Å². The smallest absolute Gasteiger partial charge is 0.325 e. The number of ketones is 1. The van der Waals surface area contributed by atoms with Gasteiger partial charge in [0.2, 0.25) is 0 Å². The van der Waals surface area contributed by atoms with Gasteiger partial charge in [-0.2, -0.15) is 0 Å². The summed E-state index contributed by atoms with van der Waals surface area (Å²) in [5.74, 6) is 11.9. The molecule has 2 saturated carbocycles. The topological polar surface area (TPSA) is 195 Å². The zero-order valence-electron chi connectivity index (χ0n) is 36.7. The molecule has 2 aliphatic carbocycles. The molecule has 0 aliphatic heterocycles. The summed E-state index contributed by atoms with van der Waals surface area (Å²) in [6.45, 7) is 5.70. The Morgan fingerprint density at radius 1 is 0.730 bits per heavy atom. The van der Waals surface area contributed by atoms with E-state index in [2.05, 4.69) is 90.4 Å². The molecule has 0 amide bonds. The second-order valence-electron chi connectivity index (χ2n) is 14.6. The van der Waals surface area contributed by atoms with Crippen LogP contribution in [0.25, 0.3) is 0 Å². The van der Waals surface area contributed by atoms with Crippen molar-refractivity contribution in [2.45, 2.75) is 103 Å². The van der Waals surface area contributed by atoms with Crippen LogP contribution in [0.1, 0.15) is 101 Å². The highest BCUT2D eigenvalue weighted by Crippen LogP contribution is 2.42. The maximum Gasteiger partial charge on any atom is 0.325 e. The number of rotatable bonds is 12. The summed E-state index contributed by atoms with van der Waals surface area (Å²) >= 11 is 15.8. The van der Waals surface area contributed by atoms with Crippen LogP contribution in [0.4, 0.5) is 0 Å². The molecule has 0 spiro atoms. The average molecular weight is 1070 g/mol. The molecule has 0 heterocycles. The van der Waals surface area contributed by atoms with Gasteiger partial charge in [0.05, 0.1) is 46.4 Å². The first-order valence-corrected chi connectivity index (χ1v) is 21.7. The second kappa shape index (κ2) is 29.7. The minimum absolute atomic E-state index is 0. The molecule has 0 radical (unpaired) electrons. The predicted octanol–water partition coefficient (Wildman–Crippen LogP) is 8.54. The van der Waals surface area contributed by atoms with E-state index in [1.165, 1.54) is 21.3 Å².